The lowest BCUT2D eigenvalue weighted by Crippen LogP contribution is -2.07. The zero-order chi connectivity index (χ0) is 19.8. The van der Waals surface area contributed by atoms with Crippen LogP contribution in [0.25, 0.3) is 27.9 Å². The summed E-state index contributed by atoms with van der Waals surface area (Å²) in [6, 6.07) is 10.7. The number of carbonyl (C=O) groups is 1. The van der Waals surface area contributed by atoms with E-state index < -0.39 is 5.97 Å². The average molecular weight is 399 g/mol. The van der Waals surface area contributed by atoms with Crippen molar-refractivity contribution in [1.82, 2.24) is 20.2 Å². The normalized spacial score (nSPS) is 11.1. The van der Waals surface area contributed by atoms with Gasteiger partial charge in [0.25, 0.3) is 0 Å². The number of carboxylic acids is 1. The van der Waals surface area contributed by atoms with Crippen LogP contribution in [0.2, 0.25) is 5.02 Å². The topological polar surface area (TPSA) is 103 Å². The average Bonchev–Trinajstić information content (AvgIpc) is 3.31. The molecule has 2 heterocycles. The number of hydrogen-bond acceptors (Lipinski definition) is 6. The Labute approximate surface area is 164 Å². The van der Waals surface area contributed by atoms with Gasteiger partial charge in [-0.05, 0) is 36.8 Å². The number of fused-ring (bicyclic) bond motifs is 1. The number of benzene rings is 2. The van der Waals surface area contributed by atoms with E-state index in [2.05, 4.69) is 15.5 Å². The van der Waals surface area contributed by atoms with Crippen molar-refractivity contribution in [2.45, 2.75) is 13.3 Å². The van der Waals surface area contributed by atoms with Gasteiger partial charge in [0.05, 0.1) is 18.2 Å². The molecule has 0 radical (unpaired) electrons. The van der Waals surface area contributed by atoms with Crippen molar-refractivity contribution in [2.24, 2.45) is 0 Å². The van der Waals surface area contributed by atoms with Crippen LogP contribution >= 0.6 is 11.6 Å². The molecule has 4 rings (SSSR count). The zero-order valence-corrected chi connectivity index (χ0v) is 15.8. The summed E-state index contributed by atoms with van der Waals surface area (Å²) in [5.74, 6) is -0.0952. The number of nitrogens with zero attached hydrogens (tertiary/aromatic N) is 4. The number of aromatic nitrogens is 4. The number of hydrogen-bond donors (Lipinski definition) is 1. The van der Waals surface area contributed by atoms with Crippen LogP contribution in [0.3, 0.4) is 0 Å². The van der Waals surface area contributed by atoms with Gasteiger partial charge in [0, 0.05) is 16.7 Å². The van der Waals surface area contributed by atoms with E-state index in [1.54, 1.807) is 24.3 Å². The number of aromatic carboxylic acids is 1. The van der Waals surface area contributed by atoms with Gasteiger partial charge in [-0.15, -0.1) is 5.10 Å². The molecule has 0 amide bonds. The van der Waals surface area contributed by atoms with Crippen molar-refractivity contribution in [1.29, 1.82) is 0 Å². The molecule has 0 aliphatic carbocycles. The van der Waals surface area contributed by atoms with Gasteiger partial charge in [0.15, 0.2) is 11.5 Å². The molecule has 4 aromatic rings. The number of halogens is 1. The van der Waals surface area contributed by atoms with Gasteiger partial charge in [0.1, 0.15) is 17.0 Å². The molecule has 9 heteroatoms. The number of methoxy groups -OCH3 is 1. The van der Waals surface area contributed by atoms with Crippen LogP contribution in [0.1, 0.15) is 23.1 Å². The summed E-state index contributed by atoms with van der Waals surface area (Å²) in [7, 11) is 1.52. The van der Waals surface area contributed by atoms with E-state index in [-0.39, 0.29) is 5.69 Å². The Morgan fingerprint density at radius 2 is 2.04 bits per heavy atom. The van der Waals surface area contributed by atoms with Crippen molar-refractivity contribution in [3.8, 4) is 22.8 Å². The van der Waals surface area contributed by atoms with E-state index in [9.17, 15) is 9.90 Å². The first-order valence-electron chi connectivity index (χ1n) is 8.45. The van der Waals surface area contributed by atoms with E-state index in [1.165, 1.54) is 11.8 Å². The van der Waals surface area contributed by atoms with Crippen molar-refractivity contribution in [3.05, 3.63) is 52.8 Å². The van der Waals surface area contributed by atoms with Crippen molar-refractivity contribution in [2.75, 3.05) is 7.11 Å². The van der Waals surface area contributed by atoms with Gasteiger partial charge in [-0.3, -0.25) is 0 Å². The van der Waals surface area contributed by atoms with Crippen molar-refractivity contribution >= 4 is 28.5 Å². The lowest BCUT2D eigenvalue weighted by atomic mass is 10.1. The largest absolute Gasteiger partial charge is 0.494 e. The van der Waals surface area contributed by atoms with Crippen LogP contribution in [0.15, 0.2) is 40.9 Å². The monoisotopic (exact) mass is 398 g/mol. The van der Waals surface area contributed by atoms with Crippen LogP contribution in [-0.2, 0) is 6.42 Å². The molecule has 0 saturated carbocycles. The molecular formula is C19H15ClN4O4. The summed E-state index contributed by atoms with van der Waals surface area (Å²) in [5, 5.41) is 22.6. The van der Waals surface area contributed by atoms with Gasteiger partial charge in [-0.2, -0.15) is 0 Å². The Bertz CT molecular complexity index is 1180. The quantitative estimate of drug-likeness (QED) is 0.541. The highest BCUT2D eigenvalue weighted by Gasteiger charge is 2.22. The minimum atomic E-state index is -1.13. The van der Waals surface area contributed by atoms with Crippen molar-refractivity contribution < 1.29 is 19.2 Å². The summed E-state index contributed by atoms with van der Waals surface area (Å²) in [4.78, 5) is 11.4. The fourth-order valence-corrected chi connectivity index (χ4v) is 3.20. The Morgan fingerprint density at radius 3 is 2.68 bits per heavy atom. The highest BCUT2D eigenvalue weighted by molar-refractivity contribution is 6.30. The summed E-state index contributed by atoms with van der Waals surface area (Å²) < 4.78 is 12.5. The van der Waals surface area contributed by atoms with Crippen LogP contribution in [0, 0.1) is 0 Å². The molecule has 2 aromatic carbocycles. The number of ether oxygens (including phenoxy) is 1. The maximum Gasteiger partial charge on any atom is 0.358 e. The van der Waals surface area contributed by atoms with E-state index in [0.717, 1.165) is 10.9 Å². The van der Waals surface area contributed by atoms with Crippen molar-refractivity contribution in [3.63, 3.8) is 0 Å². The summed E-state index contributed by atoms with van der Waals surface area (Å²) in [6.07, 6.45) is 0.434. The third kappa shape index (κ3) is 2.87. The predicted octanol–water partition coefficient (Wildman–Crippen LogP) is 4.00. The molecule has 8 nitrogen and oxygen atoms in total. The standard InChI is InChI=1S/C19H15ClN4O4/c1-3-14-17(19(25)26)21-23-24(14)15-8-12-13(9-16(15)27-2)22-28-18(12)10-4-6-11(20)7-5-10/h4-9H,3H2,1-2H3,(H,25,26). The van der Waals surface area contributed by atoms with Gasteiger partial charge >= 0.3 is 5.97 Å². The Morgan fingerprint density at radius 1 is 1.29 bits per heavy atom. The first-order chi connectivity index (χ1) is 13.5. The van der Waals surface area contributed by atoms with Gasteiger partial charge in [-0.1, -0.05) is 28.9 Å². The molecular weight excluding hydrogens is 384 g/mol. The predicted molar refractivity (Wildman–Crippen MR) is 102 cm³/mol. The summed E-state index contributed by atoms with van der Waals surface area (Å²) in [6.45, 7) is 1.84. The molecule has 0 aliphatic rings. The molecule has 1 N–H and O–H groups in total. The first-order valence-corrected chi connectivity index (χ1v) is 8.82. The minimum Gasteiger partial charge on any atom is -0.494 e. The van der Waals surface area contributed by atoms with Crippen LogP contribution < -0.4 is 4.74 Å². The van der Waals surface area contributed by atoms with Crippen LogP contribution in [0.4, 0.5) is 0 Å². The van der Waals surface area contributed by atoms with Crippen LogP contribution in [0.5, 0.6) is 5.75 Å². The second-order valence-corrected chi connectivity index (χ2v) is 6.45. The lowest BCUT2D eigenvalue weighted by molar-refractivity contribution is 0.0689. The molecule has 0 atom stereocenters. The summed E-state index contributed by atoms with van der Waals surface area (Å²) >= 11 is 5.97. The second kappa shape index (κ2) is 6.97. The third-order valence-corrected chi connectivity index (χ3v) is 4.66. The Hall–Kier alpha value is -3.39. The lowest BCUT2D eigenvalue weighted by Gasteiger charge is -2.10. The van der Waals surface area contributed by atoms with Crippen LogP contribution in [-0.4, -0.2) is 38.3 Å². The molecule has 0 bridgehead atoms. The maximum atomic E-state index is 11.4. The van der Waals surface area contributed by atoms with Gasteiger partial charge < -0.3 is 14.4 Å². The molecule has 0 aliphatic heterocycles. The second-order valence-electron chi connectivity index (χ2n) is 6.02. The van der Waals surface area contributed by atoms with E-state index in [4.69, 9.17) is 20.9 Å². The number of carboxylic acid groups (broad SMARTS) is 1. The van der Waals surface area contributed by atoms with Gasteiger partial charge in [0.2, 0.25) is 0 Å². The van der Waals surface area contributed by atoms with Gasteiger partial charge in [-0.25, -0.2) is 9.48 Å². The fourth-order valence-electron chi connectivity index (χ4n) is 3.08. The fraction of sp³-hybridized carbons (Fsp3) is 0.158. The molecule has 0 fully saturated rings. The van der Waals surface area contributed by atoms with E-state index in [0.29, 0.717) is 39.9 Å². The molecule has 2 aromatic heterocycles. The Kier molecular flexibility index (Phi) is 4.48. The molecule has 0 saturated heterocycles. The van der Waals surface area contributed by atoms with E-state index in [1.807, 2.05) is 19.1 Å². The Balaban J connectivity index is 1.95. The third-order valence-electron chi connectivity index (χ3n) is 4.41. The number of rotatable bonds is 5. The molecule has 0 unspecified atom stereocenters. The highest BCUT2D eigenvalue weighted by atomic mass is 35.5. The maximum absolute atomic E-state index is 11.4. The molecule has 28 heavy (non-hydrogen) atoms. The smallest absolute Gasteiger partial charge is 0.358 e. The molecule has 142 valence electrons. The highest BCUT2D eigenvalue weighted by Crippen LogP contribution is 2.35. The van der Waals surface area contributed by atoms with E-state index >= 15 is 0 Å². The SMILES string of the molecule is CCc1c(C(=O)O)nnn1-c1cc2c(-c3ccc(Cl)cc3)onc2cc1OC. The summed E-state index contributed by atoms with van der Waals surface area (Å²) in [5.41, 5.74) is 2.33. The minimum absolute atomic E-state index is 0.0899. The zero-order valence-electron chi connectivity index (χ0n) is 15.0. The first kappa shape index (κ1) is 18.0. The molecule has 0 spiro atoms.